The summed E-state index contributed by atoms with van der Waals surface area (Å²) in [4.78, 5) is 25.2. The first-order valence-corrected chi connectivity index (χ1v) is 10.2. The SMILES string of the molecule is O=c1[nH]c(C2CCN(CCc3c[nH]c4cc(F)ccc34)CC2)nc2cccc(F)c12. The van der Waals surface area contributed by atoms with Gasteiger partial charge in [-0.3, -0.25) is 4.79 Å². The van der Waals surface area contributed by atoms with E-state index >= 15 is 0 Å². The minimum absolute atomic E-state index is 0.0253. The van der Waals surface area contributed by atoms with Gasteiger partial charge in [0.15, 0.2) is 0 Å². The van der Waals surface area contributed by atoms with Gasteiger partial charge in [0.1, 0.15) is 22.8 Å². The molecule has 2 aromatic heterocycles. The Morgan fingerprint density at radius 2 is 1.97 bits per heavy atom. The zero-order chi connectivity index (χ0) is 20.7. The van der Waals surface area contributed by atoms with Gasteiger partial charge in [0.05, 0.1) is 5.52 Å². The van der Waals surface area contributed by atoms with Crippen LogP contribution >= 0.6 is 0 Å². The summed E-state index contributed by atoms with van der Waals surface area (Å²) in [7, 11) is 0. The van der Waals surface area contributed by atoms with E-state index in [1.54, 1.807) is 12.1 Å². The maximum Gasteiger partial charge on any atom is 0.261 e. The molecule has 2 N–H and O–H groups in total. The van der Waals surface area contributed by atoms with E-state index in [1.165, 1.54) is 23.8 Å². The number of hydrogen-bond donors (Lipinski definition) is 2. The summed E-state index contributed by atoms with van der Waals surface area (Å²) >= 11 is 0. The van der Waals surface area contributed by atoms with Crippen LogP contribution in [0.25, 0.3) is 21.8 Å². The van der Waals surface area contributed by atoms with Gasteiger partial charge in [-0.1, -0.05) is 6.07 Å². The number of H-pyrrole nitrogens is 2. The van der Waals surface area contributed by atoms with Crippen LogP contribution in [0.15, 0.2) is 47.4 Å². The van der Waals surface area contributed by atoms with Crippen LogP contribution in [0.5, 0.6) is 0 Å². The molecule has 30 heavy (non-hydrogen) atoms. The van der Waals surface area contributed by atoms with Crippen molar-refractivity contribution in [3.05, 3.63) is 76.0 Å². The number of nitrogens with zero attached hydrogens (tertiary/aromatic N) is 2. The quantitative estimate of drug-likeness (QED) is 0.534. The molecule has 1 aliphatic heterocycles. The van der Waals surface area contributed by atoms with Gasteiger partial charge in [0, 0.05) is 29.6 Å². The molecule has 5 rings (SSSR count). The van der Waals surface area contributed by atoms with Crippen LogP contribution in [0.4, 0.5) is 8.78 Å². The standard InChI is InChI=1S/C23H22F2N4O/c24-16-4-5-17-15(13-26-20(17)12-16)8-11-29-9-6-14(7-10-29)22-27-19-3-1-2-18(25)21(19)23(30)28-22/h1-5,12-14,26H,6-11H2,(H,27,28,30). The Balaban J connectivity index is 1.24. The van der Waals surface area contributed by atoms with E-state index in [2.05, 4.69) is 19.9 Å². The molecule has 3 heterocycles. The third-order valence-corrected chi connectivity index (χ3v) is 6.10. The highest BCUT2D eigenvalue weighted by atomic mass is 19.1. The lowest BCUT2D eigenvalue weighted by atomic mass is 9.95. The maximum absolute atomic E-state index is 13.9. The molecule has 0 bridgehead atoms. The van der Waals surface area contributed by atoms with E-state index in [-0.39, 0.29) is 17.1 Å². The van der Waals surface area contributed by atoms with Crippen LogP contribution in [0.3, 0.4) is 0 Å². The lowest BCUT2D eigenvalue weighted by Gasteiger charge is -2.31. The number of aromatic amines is 2. The summed E-state index contributed by atoms with van der Waals surface area (Å²) in [5.74, 6) is 0.0396. The topological polar surface area (TPSA) is 64.8 Å². The molecule has 5 nitrogen and oxygen atoms in total. The molecule has 0 radical (unpaired) electrons. The highest BCUT2D eigenvalue weighted by Crippen LogP contribution is 2.27. The van der Waals surface area contributed by atoms with Gasteiger partial charge in [-0.05, 0) is 68.2 Å². The summed E-state index contributed by atoms with van der Waals surface area (Å²) in [5, 5.41) is 1.09. The van der Waals surface area contributed by atoms with E-state index in [4.69, 9.17) is 0 Å². The van der Waals surface area contributed by atoms with Crippen LogP contribution in [0.2, 0.25) is 0 Å². The number of benzene rings is 2. The average Bonchev–Trinajstić information content (AvgIpc) is 3.14. The number of likely N-dealkylation sites (tertiary alicyclic amines) is 1. The molecule has 1 fully saturated rings. The lowest BCUT2D eigenvalue weighted by molar-refractivity contribution is 0.211. The summed E-state index contributed by atoms with van der Waals surface area (Å²) in [6, 6.07) is 9.38. The van der Waals surface area contributed by atoms with E-state index in [9.17, 15) is 13.6 Å². The van der Waals surface area contributed by atoms with Crippen molar-refractivity contribution in [2.75, 3.05) is 19.6 Å². The zero-order valence-electron chi connectivity index (χ0n) is 16.4. The third kappa shape index (κ3) is 3.50. The van der Waals surface area contributed by atoms with E-state index in [1.807, 2.05) is 12.3 Å². The number of halogens is 2. The van der Waals surface area contributed by atoms with Crippen molar-refractivity contribution in [1.29, 1.82) is 0 Å². The predicted octanol–water partition coefficient (Wildman–Crippen LogP) is 4.10. The van der Waals surface area contributed by atoms with Gasteiger partial charge in [0.2, 0.25) is 0 Å². The van der Waals surface area contributed by atoms with E-state index in [0.29, 0.717) is 11.3 Å². The monoisotopic (exact) mass is 408 g/mol. The molecule has 2 aromatic carbocycles. The first-order valence-electron chi connectivity index (χ1n) is 10.2. The summed E-state index contributed by atoms with van der Waals surface area (Å²) < 4.78 is 27.3. The molecule has 1 aliphatic rings. The van der Waals surface area contributed by atoms with Crippen LogP contribution in [-0.2, 0) is 6.42 Å². The number of hydrogen-bond acceptors (Lipinski definition) is 3. The van der Waals surface area contributed by atoms with Crippen molar-refractivity contribution >= 4 is 21.8 Å². The molecule has 7 heteroatoms. The average molecular weight is 408 g/mol. The molecule has 0 saturated carbocycles. The third-order valence-electron chi connectivity index (χ3n) is 6.10. The Morgan fingerprint density at radius 1 is 1.13 bits per heavy atom. The fraction of sp³-hybridized carbons (Fsp3) is 0.304. The Bertz CT molecular complexity index is 1270. The normalized spacial score (nSPS) is 15.9. The van der Waals surface area contributed by atoms with Crippen molar-refractivity contribution in [1.82, 2.24) is 19.9 Å². The first kappa shape index (κ1) is 18.9. The summed E-state index contributed by atoms with van der Waals surface area (Å²) in [5.41, 5.74) is 2.01. The van der Waals surface area contributed by atoms with Crippen molar-refractivity contribution in [2.24, 2.45) is 0 Å². The van der Waals surface area contributed by atoms with Gasteiger partial charge >= 0.3 is 0 Å². The van der Waals surface area contributed by atoms with Gasteiger partial charge in [0.25, 0.3) is 5.56 Å². The van der Waals surface area contributed by atoms with Crippen LogP contribution in [0.1, 0.15) is 30.1 Å². The minimum atomic E-state index is -0.539. The van der Waals surface area contributed by atoms with E-state index in [0.717, 1.165) is 49.8 Å². The van der Waals surface area contributed by atoms with Crippen molar-refractivity contribution < 1.29 is 8.78 Å². The van der Waals surface area contributed by atoms with Crippen LogP contribution in [-0.4, -0.2) is 39.5 Å². The second kappa shape index (κ2) is 7.65. The minimum Gasteiger partial charge on any atom is -0.361 e. The fourth-order valence-electron chi connectivity index (χ4n) is 4.43. The Kier molecular flexibility index (Phi) is 4.83. The molecule has 0 spiro atoms. The Hall–Kier alpha value is -3.06. The summed E-state index contributed by atoms with van der Waals surface area (Å²) in [6.07, 6.45) is 4.63. The fourth-order valence-corrected chi connectivity index (χ4v) is 4.43. The summed E-state index contributed by atoms with van der Waals surface area (Å²) in [6.45, 7) is 2.74. The van der Waals surface area contributed by atoms with Gasteiger partial charge < -0.3 is 14.9 Å². The molecule has 0 aliphatic carbocycles. The molecular weight excluding hydrogens is 386 g/mol. The molecule has 0 unspecified atom stereocenters. The maximum atomic E-state index is 13.9. The molecule has 1 saturated heterocycles. The number of nitrogens with one attached hydrogen (secondary N) is 2. The number of fused-ring (bicyclic) bond motifs is 2. The number of piperidine rings is 1. The van der Waals surface area contributed by atoms with E-state index < -0.39 is 11.4 Å². The van der Waals surface area contributed by atoms with Gasteiger partial charge in [-0.15, -0.1) is 0 Å². The molecular formula is C23H22F2N4O. The largest absolute Gasteiger partial charge is 0.361 e. The second-order valence-electron chi connectivity index (χ2n) is 7.95. The van der Waals surface area contributed by atoms with Gasteiger partial charge in [-0.25, -0.2) is 13.8 Å². The Labute approximate surface area is 171 Å². The second-order valence-corrected chi connectivity index (χ2v) is 7.95. The molecule has 154 valence electrons. The molecule has 4 aromatic rings. The Morgan fingerprint density at radius 3 is 2.80 bits per heavy atom. The molecule has 0 amide bonds. The highest BCUT2D eigenvalue weighted by Gasteiger charge is 2.23. The predicted molar refractivity (Wildman–Crippen MR) is 113 cm³/mol. The van der Waals surface area contributed by atoms with Crippen molar-refractivity contribution in [3.63, 3.8) is 0 Å². The van der Waals surface area contributed by atoms with Crippen molar-refractivity contribution in [3.8, 4) is 0 Å². The van der Waals surface area contributed by atoms with Gasteiger partial charge in [-0.2, -0.15) is 0 Å². The van der Waals surface area contributed by atoms with Crippen molar-refractivity contribution in [2.45, 2.75) is 25.2 Å². The lowest BCUT2D eigenvalue weighted by Crippen LogP contribution is -2.35. The number of aromatic nitrogens is 3. The molecule has 0 atom stereocenters. The number of rotatable bonds is 4. The van der Waals surface area contributed by atoms with Crippen LogP contribution < -0.4 is 5.56 Å². The zero-order valence-corrected chi connectivity index (χ0v) is 16.4. The first-order chi connectivity index (χ1) is 14.6. The smallest absolute Gasteiger partial charge is 0.261 e. The van der Waals surface area contributed by atoms with Crippen LogP contribution in [0, 0.1) is 11.6 Å². The highest BCUT2D eigenvalue weighted by molar-refractivity contribution is 5.83.